The molecule has 2 aromatic carbocycles. The van der Waals surface area contributed by atoms with E-state index in [0.717, 1.165) is 22.2 Å². The Labute approximate surface area is 158 Å². The quantitative estimate of drug-likeness (QED) is 0.600. The number of carbonyl (C=O) groups is 1. The van der Waals surface area contributed by atoms with E-state index in [2.05, 4.69) is 29.3 Å². The molecule has 0 saturated heterocycles. The highest BCUT2D eigenvalue weighted by Crippen LogP contribution is 2.29. The number of para-hydroxylation sites is 1. The van der Waals surface area contributed by atoms with Gasteiger partial charge in [0, 0.05) is 16.7 Å². The van der Waals surface area contributed by atoms with E-state index >= 15 is 0 Å². The lowest BCUT2D eigenvalue weighted by Gasteiger charge is -2.16. The van der Waals surface area contributed by atoms with Crippen LogP contribution in [0.15, 0.2) is 59.8 Å². The SMILES string of the molecule is Cc1cccc(-c2nnc(SCC(=O)C(C)(C)C)n2-c2ccccc2)c1. The van der Waals surface area contributed by atoms with Crippen molar-refractivity contribution in [3.05, 3.63) is 60.2 Å². The van der Waals surface area contributed by atoms with Gasteiger partial charge in [-0.3, -0.25) is 9.36 Å². The summed E-state index contributed by atoms with van der Waals surface area (Å²) in [6.45, 7) is 7.88. The number of ketones is 1. The second kappa shape index (κ2) is 7.46. The van der Waals surface area contributed by atoms with Gasteiger partial charge in [0.15, 0.2) is 11.0 Å². The van der Waals surface area contributed by atoms with Crippen molar-refractivity contribution in [3.8, 4) is 17.1 Å². The lowest BCUT2D eigenvalue weighted by Crippen LogP contribution is -2.22. The monoisotopic (exact) mass is 365 g/mol. The molecule has 0 amide bonds. The standard InChI is InChI=1S/C21H23N3OS/c1-15-9-8-10-16(13-15)19-22-23-20(26-14-18(25)21(2,3)4)24(19)17-11-6-5-7-12-17/h5-13H,14H2,1-4H3. The van der Waals surface area contributed by atoms with Crippen molar-refractivity contribution < 1.29 is 4.79 Å². The summed E-state index contributed by atoms with van der Waals surface area (Å²) >= 11 is 1.44. The van der Waals surface area contributed by atoms with Gasteiger partial charge in [-0.15, -0.1) is 10.2 Å². The molecule has 0 fully saturated rings. The number of hydrogen-bond acceptors (Lipinski definition) is 4. The molecule has 1 heterocycles. The van der Waals surface area contributed by atoms with Gasteiger partial charge in [-0.25, -0.2) is 0 Å². The highest BCUT2D eigenvalue weighted by molar-refractivity contribution is 7.99. The topological polar surface area (TPSA) is 47.8 Å². The number of nitrogens with zero attached hydrogens (tertiary/aromatic N) is 3. The van der Waals surface area contributed by atoms with Crippen LogP contribution in [0, 0.1) is 12.3 Å². The third-order valence-electron chi connectivity index (χ3n) is 4.09. The second-order valence-corrected chi connectivity index (χ2v) is 8.25. The maximum absolute atomic E-state index is 12.3. The molecule has 0 saturated carbocycles. The van der Waals surface area contributed by atoms with E-state index in [1.165, 1.54) is 17.3 Å². The number of hydrogen-bond donors (Lipinski definition) is 0. The number of rotatable bonds is 5. The average Bonchev–Trinajstić information content (AvgIpc) is 3.03. The number of benzene rings is 2. The molecule has 0 bridgehead atoms. The molecule has 4 nitrogen and oxygen atoms in total. The fourth-order valence-corrected chi connectivity index (χ4v) is 3.60. The van der Waals surface area contributed by atoms with E-state index in [9.17, 15) is 4.79 Å². The van der Waals surface area contributed by atoms with Gasteiger partial charge in [-0.2, -0.15) is 0 Å². The normalized spacial score (nSPS) is 11.5. The Morgan fingerprint density at radius 1 is 1.04 bits per heavy atom. The van der Waals surface area contributed by atoms with Gasteiger partial charge in [0.05, 0.1) is 5.75 Å². The predicted molar refractivity (Wildman–Crippen MR) is 107 cm³/mol. The lowest BCUT2D eigenvalue weighted by atomic mass is 9.92. The third-order valence-corrected chi connectivity index (χ3v) is 5.02. The molecule has 0 atom stereocenters. The van der Waals surface area contributed by atoms with Gasteiger partial charge >= 0.3 is 0 Å². The van der Waals surface area contributed by atoms with E-state index in [4.69, 9.17) is 0 Å². The van der Waals surface area contributed by atoms with Crippen molar-refractivity contribution in [2.24, 2.45) is 5.41 Å². The molecule has 0 aliphatic rings. The summed E-state index contributed by atoms with van der Waals surface area (Å²) in [4.78, 5) is 12.3. The summed E-state index contributed by atoms with van der Waals surface area (Å²) in [6, 6.07) is 18.2. The van der Waals surface area contributed by atoms with E-state index < -0.39 is 0 Å². The van der Waals surface area contributed by atoms with Crippen molar-refractivity contribution in [1.29, 1.82) is 0 Å². The fraction of sp³-hybridized carbons (Fsp3) is 0.286. The number of thioether (sulfide) groups is 1. The first-order chi connectivity index (χ1) is 12.4. The second-order valence-electron chi connectivity index (χ2n) is 7.31. The van der Waals surface area contributed by atoms with Crippen molar-refractivity contribution in [2.75, 3.05) is 5.75 Å². The summed E-state index contributed by atoms with van der Waals surface area (Å²) in [7, 11) is 0. The Bertz CT molecular complexity index is 911. The zero-order chi connectivity index (χ0) is 18.7. The van der Waals surface area contributed by atoms with Crippen LogP contribution in [0.25, 0.3) is 17.1 Å². The van der Waals surface area contributed by atoms with Gasteiger partial charge in [0.25, 0.3) is 0 Å². The molecule has 5 heteroatoms. The molecule has 0 spiro atoms. The number of aromatic nitrogens is 3. The molecular formula is C21H23N3OS. The minimum atomic E-state index is -0.357. The minimum absolute atomic E-state index is 0.196. The first kappa shape index (κ1) is 18.4. The highest BCUT2D eigenvalue weighted by atomic mass is 32.2. The average molecular weight is 366 g/mol. The summed E-state index contributed by atoms with van der Waals surface area (Å²) in [6.07, 6.45) is 0. The number of carbonyl (C=O) groups excluding carboxylic acids is 1. The molecular weight excluding hydrogens is 342 g/mol. The number of Topliss-reactive ketones (excluding diaryl/α,β-unsaturated/α-hetero) is 1. The maximum atomic E-state index is 12.3. The zero-order valence-electron chi connectivity index (χ0n) is 15.6. The Morgan fingerprint density at radius 2 is 1.77 bits per heavy atom. The van der Waals surface area contributed by atoms with Crippen LogP contribution in [0.3, 0.4) is 0 Å². The van der Waals surface area contributed by atoms with Crippen molar-refractivity contribution in [2.45, 2.75) is 32.9 Å². The largest absolute Gasteiger partial charge is 0.298 e. The van der Waals surface area contributed by atoms with E-state index in [1.807, 2.05) is 67.8 Å². The van der Waals surface area contributed by atoms with Crippen LogP contribution in [0.5, 0.6) is 0 Å². The lowest BCUT2D eigenvalue weighted by molar-refractivity contribution is -0.123. The number of aryl methyl sites for hydroxylation is 1. The van der Waals surface area contributed by atoms with E-state index in [0.29, 0.717) is 5.75 Å². The van der Waals surface area contributed by atoms with E-state index in [1.54, 1.807) is 0 Å². The summed E-state index contributed by atoms with van der Waals surface area (Å²) < 4.78 is 2.02. The van der Waals surface area contributed by atoms with Gasteiger partial charge in [-0.05, 0) is 25.1 Å². The van der Waals surface area contributed by atoms with Crippen molar-refractivity contribution in [1.82, 2.24) is 14.8 Å². The molecule has 0 radical (unpaired) electrons. The van der Waals surface area contributed by atoms with Crippen LogP contribution in [0.2, 0.25) is 0 Å². The van der Waals surface area contributed by atoms with Gasteiger partial charge < -0.3 is 0 Å². The first-order valence-corrected chi connectivity index (χ1v) is 9.59. The zero-order valence-corrected chi connectivity index (χ0v) is 16.4. The molecule has 0 unspecified atom stereocenters. The minimum Gasteiger partial charge on any atom is -0.298 e. The molecule has 3 rings (SSSR count). The first-order valence-electron chi connectivity index (χ1n) is 8.60. The highest BCUT2D eigenvalue weighted by Gasteiger charge is 2.23. The van der Waals surface area contributed by atoms with Crippen LogP contribution in [-0.4, -0.2) is 26.3 Å². The molecule has 0 N–H and O–H groups in total. The van der Waals surface area contributed by atoms with Crippen molar-refractivity contribution in [3.63, 3.8) is 0 Å². The van der Waals surface area contributed by atoms with Crippen LogP contribution >= 0.6 is 11.8 Å². The molecule has 26 heavy (non-hydrogen) atoms. The van der Waals surface area contributed by atoms with Gasteiger partial charge in [0.1, 0.15) is 5.78 Å². The summed E-state index contributed by atoms with van der Waals surface area (Å²) in [5.74, 6) is 1.36. The molecule has 3 aromatic rings. The fourth-order valence-electron chi connectivity index (χ4n) is 2.49. The molecule has 1 aromatic heterocycles. The van der Waals surface area contributed by atoms with Crippen LogP contribution < -0.4 is 0 Å². The summed E-state index contributed by atoms with van der Waals surface area (Å²) in [5, 5.41) is 9.53. The predicted octanol–water partition coefficient (Wildman–Crippen LogP) is 4.95. The van der Waals surface area contributed by atoms with E-state index in [-0.39, 0.29) is 11.2 Å². The Kier molecular flexibility index (Phi) is 5.28. The summed E-state index contributed by atoms with van der Waals surface area (Å²) in [5.41, 5.74) is 2.81. The van der Waals surface area contributed by atoms with Crippen LogP contribution in [0.4, 0.5) is 0 Å². The van der Waals surface area contributed by atoms with Crippen molar-refractivity contribution >= 4 is 17.5 Å². The van der Waals surface area contributed by atoms with Gasteiger partial charge in [0.2, 0.25) is 0 Å². The smallest absolute Gasteiger partial charge is 0.196 e. The Hall–Kier alpha value is -2.40. The Balaban J connectivity index is 2.02. The molecule has 0 aliphatic heterocycles. The maximum Gasteiger partial charge on any atom is 0.196 e. The van der Waals surface area contributed by atoms with Gasteiger partial charge in [-0.1, -0.05) is 74.5 Å². The molecule has 0 aliphatic carbocycles. The van der Waals surface area contributed by atoms with Crippen LogP contribution in [0.1, 0.15) is 26.3 Å². The third kappa shape index (κ3) is 4.05. The Morgan fingerprint density at radius 3 is 2.42 bits per heavy atom. The molecule has 134 valence electrons. The van der Waals surface area contributed by atoms with Crippen LogP contribution in [-0.2, 0) is 4.79 Å².